The second-order valence-corrected chi connectivity index (χ2v) is 17.8. The minimum absolute atomic E-state index is 0.0577. The molecule has 11 nitrogen and oxygen atoms in total. The number of nitrogens with one attached hydrogen (secondary N) is 1. The van der Waals surface area contributed by atoms with Gasteiger partial charge in [0.2, 0.25) is 0 Å². The van der Waals surface area contributed by atoms with Gasteiger partial charge >= 0.3 is 14.3 Å². The number of nitrogens with zero attached hydrogens (tertiary/aromatic N) is 1. The molecule has 1 unspecified atom stereocenters. The number of rotatable bonds is 11. The predicted molar refractivity (Wildman–Crippen MR) is 175 cm³/mol. The van der Waals surface area contributed by atoms with Gasteiger partial charge in [0, 0.05) is 12.3 Å². The molecule has 0 saturated carbocycles. The molecule has 1 aromatic heterocycles. The fraction of sp³-hybridized carbons (Fsp3) is 0.333. The average molecular weight is 665 g/mol. The molecule has 2 saturated heterocycles. The summed E-state index contributed by atoms with van der Waals surface area (Å²) < 4.78 is 44.6. The summed E-state index contributed by atoms with van der Waals surface area (Å²) in [6.07, 6.45) is -1.42. The van der Waals surface area contributed by atoms with Crippen molar-refractivity contribution in [2.75, 3.05) is 20.8 Å². The van der Waals surface area contributed by atoms with E-state index in [9.17, 15) is 9.59 Å². The number of hydrogen-bond donors (Lipinski definition) is 1. The summed E-state index contributed by atoms with van der Waals surface area (Å²) in [5.74, 6) is 1.42. The maximum absolute atomic E-state index is 12.9. The summed E-state index contributed by atoms with van der Waals surface area (Å²) in [5, 5.41) is 0. The lowest BCUT2D eigenvalue weighted by atomic mass is 9.80. The van der Waals surface area contributed by atoms with E-state index in [0.717, 1.165) is 16.7 Å². The van der Waals surface area contributed by atoms with Gasteiger partial charge in [0.05, 0.1) is 20.8 Å². The second-order valence-electron chi connectivity index (χ2n) is 12.0. The Hall–Kier alpha value is -3.61. The zero-order chi connectivity index (χ0) is 32.5. The minimum Gasteiger partial charge on any atom is -0.497 e. The van der Waals surface area contributed by atoms with E-state index in [4.69, 9.17) is 32.2 Å². The Balaban J connectivity index is 1.41. The monoisotopic (exact) mass is 664 g/mol. The van der Waals surface area contributed by atoms with Crippen LogP contribution in [0.25, 0.3) is 0 Å². The number of aromatic amines is 1. The molecule has 3 aromatic carbocycles. The number of hydrogen-bond acceptors (Lipinski definition) is 9. The molecule has 0 spiro atoms. The van der Waals surface area contributed by atoms with Crippen LogP contribution in [0.1, 0.15) is 22.9 Å². The highest BCUT2D eigenvalue weighted by Crippen LogP contribution is 2.57. The van der Waals surface area contributed by atoms with Gasteiger partial charge < -0.3 is 32.2 Å². The first-order valence-electron chi connectivity index (χ1n) is 14.9. The lowest BCUT2D eigenvalue weighted by Gasteiger charge is -2.37. The molecule has 1 N–H and O–H groups in total. The molecule has 3 heterocycles. The molecule has 242 valence electrons. The molecule has 4 aromatic rings. The minimum atomic E-state index is -2.04. The SMILES string of the molecule is COc1ccc(C(OC[C@H]2O[C@@H](n3ccc(=O)[nH]c3=O)[C@@H]3OP(O[Si](C)(C)C)O[C@@H]32)(c2ccccc2)c2ccc(OC)cc2)cc1. The quantitative estimate of drug-likeness (QED) is 0.129. The van der Waals surface area contributed by atoms with Crippen molar-refractivity contribution < 1.29 is 32.2 Å². The molecule has 0 amide bonds. The van der Waals surface area contributed by atoms with Crippen molar-refractivity contribution in [1.82, 2.24) is 9.55 Å². The van der Waals surface area contributed by atoms with Crippen LogP contribution < -0.4 is 20.7 Å². The summed E-state index contributed by atoms with van der Waals surface area (Å²) in [6.45, 7) is 6.21. The maximum atomic E-state index is 12.9. The highest BCUT2D eigenvalue weighted by molar-refractivity contribution is 7.44. The van der Waals surface area contributed by atoms with Gasteiger partial charge in [0.1, 0.15) is 35.4 Å². The van der Waals surface area contributed by atoms with Crippen molar-refractivity contribution in [3.8, 4) is 11.5 Å². The van der Waals surface area contributed by atoms with E-state index in [-0.39, 0.29) is 6.61 Å². The van der Waals surface area contributed by atoms with Crippen LogP contribution in [0, 0.1) is 0 Å². The number of H-pyrrole nitrogens is 1. The lowest BCUT2D eigenvalue weighted by Crippen LogP contribution is -2.39. The summed E-state index contributed by atoms with van der Waals surface area (Å²) in [6, 6.07) is 26.7. The third kappa shape index (κ3) is 6.47. The molecule has 2 fully saturated rings. The van der Waals surface area contributed by atoms with Gasteiger partial charge in [-0.05, 0) is 60.6 Å². The summed E-state index contributed by atoms with van der Waals surface area (Å²) >= 11 is 0. The van der Waals surface area contributed by atoms with Gasteiger partial charge in [-0.3, -0.25) is 14.3 Å². The van der Waals surface area contributed by atoms with Crippen molar-refractivity contribution >= 4 is 16.9 Å². The fourth-order valence-electron chi connectivity index (χ4n) is 5.71. The smallest absolute Gasteiger partial charge is 0.330 e. The van der Waals surface area contributed by atoms with Crippen LogP contribution in [0.4, 0.5) is 0 Å². The summed E-state index contributed by atoms with van der Waals surface area (Å²) in [4.78, 5) is 27.0. The topological polar surface area (TPSA) is 119 Å². The Labute approximate surface area is 269 Å². The fourth-order valence-corrected chi connectivity index (χ4v) is 8.77. The highest BCUT2D eigenvalue weighted by Gasteiger charge is 2.56. The number of benzene rings is 3. The van der Waals surface area contributed by atoms with E-state index in [1.54, 1.807) is 14.2 Å². The van der Waals surface area contributed by atoms with E-state index < -0.39 is 58.3 Å². The van der Waals surface area contributed by atoms with E-state index in [2.05, 4.69) is 24.6 Å². The van der Waals surface area contributed by atoms with Crippen molar-refractivity contribution in [3.05, 3.63) is 129 Å². The van der Waals surface area contributed by atoms with Gasteiger partial charge in [-0.1, -0.05) is 54.6 Å². The zero-order valence-corrected chi connectivity index (χ0v) is 28.1. The third-order valence-electron chi connectivity index (χ3n) is 7.81. The average Bonchev–Trinajstić information content (AvgIpc) is 3.60. The van der Waals surface area contributed by atoms with Gasteiger partial charge in [0.15, 0.2) is 14.5 Å². The van der Waals surface area contributed by atoms with E-state index >= 15 is 0 Å². The normalized spacial score (nSPS) is 22.8. The van der Waals surface area contributed by atoms with E-state index in [1.807, 2.05) is 78.9 Å². The van der Waals surface area contributed by atoms with Crippen molar-refractivity contribution in [3.63, 3.8) is 0 Å². The van der Waals surface area contributed by atoms with Crippen LogP contribution in [-0.2, 0) is 28.3 Å². The molecule has 2 aliphatic rings. The van der Waals surface area contributed by atoms with Crippen molar-refractivity contribution in [1.29, 1.82) is 0 Å². The van der Waals surface area contributed by atoms with Crippen LogP contribution in [0.2, 0.25) is 19.6 Å². The van der Waals surface area contributed by atoms with Crippen molar-refractivity contribution in [2.24, 2.45) is 0 Å². The molecular formula is C33H37N2O9PSi. The van der Waals surface area contributed by atoms with Crippen LogP contribution in [0.3, 0.4) is 0 Å². The Morgan fingerprint density at radius 2 is 1.37 bits per heavy atom. The Kier molecular flexibility index (Phi) is 9.31. The molecule has 46 heavy (non-hydrogen) atoms. The Morgan fingerprint density at radius 3 is 1.91 bits per heavy atom. The second kappa shape index (κ2) is 13.2. The number of ether oxygens (including phenoxy) is 4. The number of aromatic nitrogens is 2. The van der Waals surface area contributed by atoms with Gasteiger partial charge in [-0.15, -0.1) is 0 Å². The molecule has 0 bridgehead atoms. The molecule has 0 aliphatic carbocycles. The Morgan fingerprint density at radius 1 is 0.804 bits per heavy atom. The molecule has 2 aliphatic heterocycles. The summed E-state index contributed by atoms with van der Waals surface area (Å²) in [7, 11) is -0.481. The predicted octanol–water partition coefficient (Wildman–Crippen LogP) is 5.32. The van der Waals surface area contributed by atoms with E-state index in [1.165, 1.54) is 16.8 Å². The molecular weight excluding hydrogens is 627 g/mol. The number of fused-ring (bicyclic) bond motifs is 1. The van der Waals surface area contributed by atoms with Gasteiger partial charge in [0.25, 0.3) is 5.56 Å². The largest absolute Gasteiger partial charge is 0.497 e. The lowest BCUT2D eigenvalue weighted by molar-refractivity contribution is -0.0980. The highest BCUT2D eigenvalue weighted by atomic mass is 31.2. The molecule has 6 rings (SSSR count). The molecule has 13 heteroatoms. The zero-order valence-electron chi connectivity index (χ0n) is 26.2. The molecule has 5 atom stereocenters. The third-order valence-corrected chi connectivity index (χ3v) is 11.4. The maximum Gasteiger partial charge on any atom is 0.330 e. The van der Waals surface area contributed by atoms with Crippen molar-refractivity contribution in [2.45, 2.75) is 49.8 Å². The Bertz CT molecular complexity index is 1700. The summed E-state index contributed by atoms with van der Waals surface area (Å²) in [5.41, 5.74) is 0.404. The number of methoxy groups -OCH3 is 2. The van der Waals surface area contributed by atoms with Gasteiger partial charge in [-0.2, -0.15) is 0 Å². The first kappa shape index (κ1) is 32.3. The van der Waals surface area contributed by atoms with Crippen LogP contribution in [0.15, 0.2) is 101 Å². The molecule has 0 radical (unpaired) electrons. The van der Waals surface area contributed by atoms with E-state index in [0.29, 0.717) is 11.5 Å². The first-order valence-corrected chi connectivity index (χ1v) is 19.4. The van der Waals surface area contributed by atoms with Crippen LogP contribution >= 0.6 is 8.60 Å². The van der Waals surface area contributed by atoms with Crippen LogP contribution in [-0.4, -0.2) is 57.0 Å². The van der Waals surface area contributed by atoms with Crippen LogP contribution in [0.5, 0.6) is 11.5 Å². The van der Waals surface area contributed by atoms with Gasteiger partial charge in [-0.25, -0.2) is 4.79 Å². The standard InChI is InChI=1S/C33H37N2O9PSi/c1-38-25-15-11-23(12-16-25)33(22-9-7-6-8-10-22,24-13-17-26(39-2)18-14-24)40-21-27-29-30(43-45(42-29)44-46(3,4)5)31(41-27)35-20-19-28(36)34-32(35)37/h6-20,27,29-31H,21H2,1-5H3,(H,34,36,37)/t27-,29-,30-,31-,45?/m1/s1. The first-order chi connectivity index (χ1) is 22.1.